The minimum absolute atomic E-state index is 0.0265. The van der Waals surface area contributed by atoms with Gasteiger partial charge in [0.25, 0.3) is 0 Å². The van der Waals surface area contributed by atoms with E-state index in [4.69, 9.17) is 4.74 Å². The van der Waals surface area contributed by atoms with Gasteiger partial charge in [0.05, 0.1) is 18.3 Å². The van der Waals surface area contributed by atoms with Crippen molar-refractivity contribution in [2.45, 2.75) is 37.5 Å². The highest BCUT2D eigenvalue weighted by atomic mass is 32.1. The van der Waals surface area contributed by atoms with Crippen molar-refractivity contribution in [1.29, 1.82) is 0 Å². The van der Waals surface area contributed by atoms with Crippen LogP contribution in [0.1, 0.15) is 19.8 Å². The van der Waals surface area contributed by atoms with Crippen LogP contribution in [0.3, 0.4) is 0 Å². The van der Waals surface area contributed by atoms with Gasteiger partial charge in [-0.25, -0.2) is 0 Å². The molecule has 2 fully saturated rings. The number of hydrogen-bond donors (Lipinski definition) is 2. The van der Waals surface area contributed by atoms with Crippen molar-refractivity contribution in [3.63, 3.8) is 0 Å². The zero-order valence-corrected chi connectivity index (χ0v) is 9.54. The largest absolute Gasteiger partial charge is 0.387 e. The van der Waals surface area contributed by atoms with Crippen molar-refractivity contribution in [3.05, 3.63) is 0 Å². The third kappa shape index (κ3) is 2.08. The lowest BCUT2D eigenvalue weighted by Gasteiger charge is -2.38. The topological polar surface area (TPSA) is 32.7 Å². The van der Waals surface area contributed by atoms with Gasteiger partial charge in [-0.2, -0.15) is 12.6 Å². The molecule has 0 aromatic heterocycles. The minimum atomic E-state index is -0.505. The number of nitrogens with zero attached hydrogens (tertiary/aromatic N) is 1. The highest BCUT2D eigenvalue weighted by molar-refractivity contribution is 7.80. The minimum Gasteiger partial charge on any atom is -0.387 e. The Labute approximate surface area is 90.8 Å². The van der Waals surface area contributed by atoms with E-state index >= 15 is 0 Å². The number of morpholine rings is 1. The molecule has 82 valence electrons. The van der Waals surface area contributed by atoms with E-state index in [1.165, 1.54) is 0 Å². The lowest BCUT2D eigenvalue weighted by atomic mass is 10.1. The zero-order chi connectivity index (χ0) is 10.2. The van der Waals surface area contributed by atoms with Gasteiger partial charge in [-0.05, 0) is 19.8 Å². The van der Waals surface area contributed by atoms with Gasteiger partial charge in [0, 0.05) is 24.9 Å². The van der Waals surface area contributed by atoms with E-state index in [0.29, 0.717) is 6.04 Å². The summed E-state index contributed by atoms with van der Waals surface area (Å²) < 4.78 is 5.61. The summed E-state index contributed by atoms with van der Waals surface area (Å²) >= 11 is 4.30. The van der Waals surface area contributed by atoms with Crippen LogP contribution in [0.15, 0.2) is 0 Å². The van der Waals surface area contributed by atoms with Gasteiger partial charge in [0.2, 0.25) is 0 Å². The van der Waals surface area contributed by atoms with Gasteiger partial charge in [-0.15, -0.1) is 0 Å². The molecule has 0 aromatic rings. The Morgan fingerprint density at radius 2 is 2.36 bits per heavy atom. The lowest BCUT2D eigenvalue weighted by Crippen LogP contribution is -2.52. The number of thiol groups is 1. The monoisotopic (exact) mass is 217 g/mol. The predicted octanol–water partition coefficient (Wildman–Crippen LogP) is 0.530. The summed E-state index contributed by atoms with van der Waals surface area (Å²) in [4.78, 5) is 2.36. The molecule has 0 aromatic carbocycles. The first-order valence-electron chi connectivity index (χ1n) is 5.34. The average molecular weight is 217 g/mol. The molecular formula is C10H19NO2S. The van der Waals surface area contributed by atoms with E-state index in [9.17, 15) is 5.11 Å². The predicted molar refractivity (Wildman–Crippen MR) is 58.8 cm³/mol. The summed E-state index contributed by atoms with van der Waals surface area (Å²) in [6.07, 6.45) is 1.83. The number of hydrogen-bond acceptors (Lipinski definition) is 4. The summed E-state index contributed by atoms with van der Waals surface area (Å²) in [6.45, 7) is 4.74. The maximum atomic E-state index is 9.96. The fraction of sp³-hybridized carbons (Fsp3) is 1.00. The molecule has 0 radical (unpaired) electrons. The highest BCUT2D eigenvalue weighted by Crippen LogP contribution is 2.41. The van der Waals surface area contributed by atoms with E-state index in [1.807, 2.05) is 0 Å². The van der Waals surface area contributed by atoms with Gasteiger partial charge in [-0.1, -0.05) is 0 Å². The van der Waals surface area contributed by atoms with Crippen LogP contribution in [0, 0.1) is 0 Å². The number of aliphatic hydroxyl groups is 1. The Morgan fingerprint density at radius 3 is 2.93 bits per heavy atom. The Kier molecular flexibility index (Phi) is 3.07. The van der Waals surface area contributed by atoms with Crippen LogP contribution in [0.4, 0.5) is 0 Å². The first-order valence-corrected chi connectivity index (χ1v) is 5.98. The van der Waals surface area contributed by atoms with E-state index in [2.05, 4.69) is 24.5 Å². The molecule has 1 aliphatic carbocycles. The van der Waals surface area contributed by atoms with Gasteiger partial charge >= 0.3 is 0 Å². The summed E-state index contributed by atoms with van der Waals surface area (Å²) in [5.41, 5.74) is -0.505. The molecule has 2 aliphatic rings. The fourth-order valence-corrected chi connectivity index (χ4v) is 2.19. The summed E-state index contributed by atoms with van der Waals surface area (Å²) in [5.74, 6) is 0.866. The zero-order valence-electron chi connectivity index (χ0n) is 8.65. The summed E-state index contributed by atoms with van der Waals surface area (Å²) in [5, 5.41) is 9.96. The molecule has 2 atom stereocenters. The normalized spacial score (nSPS) is 34.1. The molecule has 0 bridgehead atoms. The second-order valence-electron chi connectivity index (χ2n) is 4.49. The second-order valence-corrected chi connectivity index (χ2v) is 4.85. The molecule has 0 amide bonds. The van der Waals surface area contributed by atoms with Gasteiger partial charge in [0.1, 0.15) is 0 Å². The van der Waals surface area contributed by atoms with Crippen molar-refractivity contribution in [1.82, 2.24) is 4.90 Å². The van der Waals surface area contributed by atoms with Crippen molar-refractivity contribution in [2.24, 2.45) is 0 Å². The number of ether oxygens (including phenoxy) is 1. The molecular weight excluding hydrogens is 198 g/mol. The number of rotatable bonds is 3. The summed E-state index contributed by atoms with van der Waals surface area (Å²) in [7, 11) is 0. The van der Waals surface area contributed by atoms with Crippen molar-refractivity contribution >= 4 is 12.6 Å². The first-order chi connectivity index (χ1) is 6.65. The van der Waals surface area contributed by atoms with Crippen LogP contribution in [-0.4, -0.2) is 53.2 Å². The summed E-state index contributed by atoms with van der Waals surface area (Å²) in [6, 6.07) is 0.479. The van der Waals surface area contributed by atoms with Crippen LogP contribution >= 0.6 is 12.6 Å². The standard InChI is InChI=1S/C10H19NO2S/c1-8(7-14)11-4-5-13-9(6-11)10(12)2-3-10/h8-9,12,14H,2-7H2,1H3/t8?,9-/m1/s1. The molecule has 1 aliphatic heterocycles. The fourth-order valence-electron chi connectivity index (χ4n) is 1.96. The van der Waals surface area contributed by atoms with Crippen molar-refractivity contribution in [3.8, 4) is 0 Å². The Balaban J connectivity index is 1.90. The smallest absolute Gasteiger partial charge is 0.0989 e. The van der Waals surface area contributed by atoms with Gasteiger partial charge < -0.3 is 9.84 Å². The van der Waals surface area contributed by atoms with E-state index in [-0.39, 0.29) is 6.10 Å². The Morgan fingerprint density at radius 1 is 1.64 bits per heavy atom. The maximum absolute atomic E-state index is 9.96. The van der Waals surface area contributed by atoms with E-state index in [0.717, 1.165) is 38.3 Å². The molecule has 2 rings (SSSR count). The van der Waals surface area contributed by atoms with Gasteiger partial charge in [-0.3, -0.25) is 4.90 Å². The highest BCUT2D eigenvalue weighted by Gasteiger charge is 2.50. The Bertz CT molecular complexity index is 208. The maximum Gasteiger partial charge on any atom is 0.0989 e. The Hall–Kier alpha value is 0.230. The van der Waals surface area contributed by atoms with Gasteiger partial charge in [0.15, 0.2) is 0 Å². The molecule has 3 nitrogen and oxygen atoms in total. The van der Waals surface area contributed by atoms with E-state index < -0.39 is 5.60 Å². The molecule has 1 N–H and O–H groups in total. The quantitative estimate of drug-likeness (QED) is 0.677. The van der Waals surface area contributed by atoms with Crippen molar-refractivity contribution in [2.75, 3.05) is 25.4 Å². The third-order valence-corrected chi connectivity index (χ3v) is 3.88. The van der Waals surface area contributed by atoms with Crippen LogP contribution in [-0.2, 0) is 4.74 Å². The lowest BCUT2D eigenvalue weighted by molar-refractivity contribution is -0.105. The van der Waals surface area contributed by atoms with Crippen LogP contribution in [0.2, 0.25) is 0 Å². The third-order valence-electron chi connectivity index (χ3n) is 3.35. The molecule has 0 spiro atoms. The van der Waals surface area contributed by atoms with Crippen LogP contribution in [0.5, 0.6) is 0 Å². The van der Waals surface area contributed by atoms with Crippen LogP contribution in [0.25, 0.3) is 0 Å². The average Bonchev–Trinajstić information content (AvgIpc) is 2.97. The molecule has 1 saturated carbocycles. The van der Waals surface area contributed by atoms with Crippen molar-refractivity contribution < 1.29 is 9.84 Å². The SMILES string of the molecule is CC(CS)N1CCO[C@@H](C2(O)CC2)C1. The molecule has 14 heavy (non-hydrogen) atoms. The molecule has 1 saturated heterocycles. The molecule has 1 unspecified atom stereocenters. The molecule has 1 heterocycles. The first kappa shape index (κ1) is 10.7. The molecule has 4 heteroatoms. The second kappa shape index (κ2) is 4.00. The van der Waals surface area contributed by atoms with Crippen LogP contribution < -0.4 is 0 Å². The van der Waals surface area contributed by atoms with E-state index in [1.54, 1.807) is 0 Å².